The van der Waals surface area contributed by atoms with Gasteiger partial charge in [-0.2, -0.15) is 0 Å². The molecule has 0 aliphatic heterocycles. The summed E-state index contributed by atoms with van der Waals surface area (Å²) >= 11 is 1.24. The van der Waals surface area contributed by atoms with Crippen molar-refractivity contribution in [2.45, 2.75) is 19.8 Å². The number of carbonyl (C=O) groups is 1. The fourth-order valence-electron chi connectivity index (χ4n) is 0.408. The van der Waals surface area contributed by atoms with E-state index in [1.807, 2.05) is 5.37 Å². The van der Waals surface area contributed by atoms with Crippen LogP contribution in [0.5, 0.6) is 0 Å². The van der Waals surface area contributed by atoms with Crippen LogP contribution in [-0.4, -0.2) is 22.2 Å². The van der Waals surface area contributed by atoms with Gasteiger partial charge in [-0.15, -0.1) is 0 Å². The number of hydrogen-bond acceptors (Lipinski definition) is 1. The van der Waals surface area contributed by atoms with Gasteiger partial charge in [-0.1, -0.05) is 12.3 Å². The predicted octanol–water partition coefficient (Wildman–Crippen LogP) is 1.14. The molecule has 3 heteroatoms. The van der Waals surface area contributed by atoms with Crippen molar-refractivity contribution >= 4 is 22.7 Å². The topological polar surface area (TPSA) is 37.3 Å². The Hall–Kier alpha value is -0.310. The zero-order chi connectivity index (χ0) is 7.11. The Morgan fingerprint density at radius 2 is 2.44 bits per heavy atom. The molecule has 0 atom stereocenters. The van der Waals surface area contributed by atoms with Gasteiger partial charge in [0, 0.05) is 6.42 Å². The molecule has 0 aliphatic carbocycles. The molecular formula is C6H12O2S. The smallest absolute Gasteiger partial charge is 0.303 e. The van der Waals surface area contributed by atoms with Crippen LogP contribution in [0, 0.1) is 0 Å². The van der Waals surface area contributed by atoms with E-state index in [2.05, 4.69) is 6.92 Å². The summed E-state index contributed by atoms with van der Waals surface area (Å²) in [6, 6.07) is 0. The monoisotopic (exact) mass is 148 g/mol. The Bertz CT molecular complexity index is 110. The third-order valence-electron chi connectivity index (χ3n) is 0.799. The second kappa shape index (κ2) is 5.82. The molecule has 9 heavy (non-hydrogen) atoms. The lowest BCUT2D eigenvalue weighted by atomic mass is 10.3. The Labute approximate surface area is 58.8 Å². The van der Waals surface area contributed by atoms with Crippen LogP contribution in [0.25, 0.3) is 0 Å². The van der Waals surface area contributed by atoms with Gasteiger partial charge in [0.25, 0.3) is 0 Å². The zero-order valence-corrected chi connectivity index (χ0v) is 6.40. The van der Waals surface area contributed by atoms with Crippen molar-refractivity contribution in [1.29, 1.82) is 0 Å². The van der Waals surface area contributed by atoms with Crippen molar-refractivity contribution in [3.8, 4) is 0 Å². The average Bonchev–Trinajstić information content (AvgIpc) is 1.80. The van der Waals surface area contributed by atoms with Crippen LogP contribution in [-0.2, 0) is 4.79 Å². The Balaban J connectivity index is 3.09. The van der Waals surface area contributed by atoms with Gasteiger partial charge in [0.1, 0.15) is 0 Å². The van der Waals surface area contributed by atoms with Crippen LogP contribution >= 0.6 is 11.4 Å². The molecule has 0 amide bonds. The largest absolute Gasteiger partial charge is 0.481 e. The Kier molecular flexibility index (Phi) is 5.62. The van der Waals surface area contributed by atoms with Crippen molar-refractivity contribution in [2.24, 2.45) is 0 Å². The van der Waals surface area contributed by atoms with E-state index in [9.17, 15) is 4.79 Å². The van der Waals surface area contributed by atoms with Crippen LogP contribution in [0.3, 0.4) is 0 Å². The SMILES string of the molecule is CC[SH]=CCCC(=O)O. The molecule has 0 aliphatic rings. The average molecular weight is 148 g/mol. The van der Waals surface area contributed by atoms with E-state index in [1.54, 1.807) is 0 Å². The molecule has 0 spiro atoms. The first-order chi connectivity index (χ1) is 4.27. The number of rotatable bonds is 4. The highest BCUT2D eigenvalue weighted by Gasteiger charge is 1.90. The highest BCUT2D eigenvalue weighted by molar-refractivity contribution is 7.97. The van der Waals surface area contributed by atoms with Crippen LogP contribution in [0.2, 0.25) is 0 Å². The molecule has 0 fully saturated rings. The van der Waals surface area contributed by atoms with Gasteiger partial charge in [0.05, 0.1) is 0 Å². The molecule has 0 heterocycles. The molecule has 0 aromatic heterocycles. The predicted molar refractivity (Wildman–Crippen MR) is 42.5 cm³/mol. The van der Waals surface area contributed by atoms with E-state index in [-0.39, 0.29) is 6.42 Å². The second-order valence-electron chi connectivity index (χ2n) is 1.61. The zero-order valence-electron chi connectivity index (χ0n) is 5.50. The van der Waals surface area contributed by atoms with Crippen molar-refractivity contribution in [1.82, 2.24) is 0 Å². The van der Waals surface area contributed by atoms with E-state index in [4.69, 9.17) is 5.11 Å². The minimum Gasteiger partial charge on any atom is -0.481 e. The van der Waals surface area contributed by atoms with Gasteiger partial charge in [-0.05, 0) is 12.2 Å². The van der Waals surface area contributed by atoms with E-state index in [1.165, 1.54) is 11.4 Å². The number of thiol groups is 1. The molecule has 0 rings (SSSR count). The van der Waals surface area contributed by atoms with Crippen LogP contribution in [0.15, 0.2) is 0 Å². The summed E-state index contributed by atoms with van der Waals surface area (Å²) in [4.78, 5) is 9.94. The summed E-state index contributed by atoms with van der Waals surface area (Å²) < 4.78 is 0. The van der Waals surface area contributed by atoms with Crippen molar-refractivity contribution in [3.63, 3.8) is 0 Å². The summed E-state index contributed by atoms with van der Waals surface area (Å²) in [6.45, 7) is 2.07. The summed E-state index contributed by atoms with van der Waals surface area (Å²) in [6.07, 6.45) is 0.970. The fraction of sp³-hybridized carbons (Fsp3) is 0.667. The van der Waals surface area contributed by atoms with Crippen LogP contribution in [0.1, 0.15) is 19.8 Å². The molecular weight excluding hydrogens is 136 g/mol. The van der Waals surface area contributed by atoms with Crippen molar-refractivity contribution in [2.75, 3.05) is 5.75 Å². The first-order valence-electron chi connectivity index (χ1n) is 2.97. The Morgan fingerprint density at radius 1 is 1.78 bits per heavy atom. The lowest BCUT2D eigenvalue weighted by molar-refractivity contribution is -0.136. The highest BCUT2D eigenvalue weighted by atomic mass is 32.1. The molecule has 0 aromatic carbocycles. The molecule has 0 saturated carbocycles. The van der Waals surface area contributed by atoms with E-state index >= 15 is 0 Å². The molecule has 0 bridgehead atoms. The second-order valence-corrected chi connectivity index (χ2v) is 2.98. The molecule has 0 aromatic rings. The van der Waals surface area contributed by atoms with E-state index in [0.29, 0.717) is 6.42 Å². The lowest BCUT2D eigenvalue weighted by Crippen LogP contribution is -1.93. The summed E-state index contributed by atoms with van der Waals surface area (Å²) in [5.74, 6) is 0.372. The molecule has 0 saturated heterocycles. The summed E-state index contributed by atoms with van der Waals surface area (Å²) in [7, 11) is 0. The van der Waals surface area contributed by atoms with E-state index in [0.717, 1.165) is 5.75 Å². The van der Waals surface area contributed by atoms with Gasteiger partial charge in [-0.3, -0.25) is 4.79 Å². The van der Waals surface area contributed by atoms with E-state index < -0.39 is 5.97 Å². The summed E-state index contributed by atoms with van der Waals surface area (Å²) in [5.41, 5.74) is 0. The van der Waals surface area contributed by atoms with Crippen molar-refractivity contribution < 1.29 is 9.90 Å². The van der Waals surface area contributed by atoms with Gasteiger partial charge in [0.2, 0.25) is 0 Å². The third kappa shape index (κ3) is 7.69. The normalized spacial score (nSPS) is 11.2. The van der Waals surface area contributed by atoms with Crippen LogP contribution in [0.4, 0.5) is 0 Å². The quantitative estimate of drug-likeness (QED) is 0.463. The number of hydrogen-bond donors (Lipinski definition) is 2. The van der Waals surface area contributed by atoms with Crippen LogP contribution < -0.4 is 0 Å². The summed E-state index contributed by atoms with van der Waals surface area (Å²) in [5, 5.41) is 10.2. The van der Waals surface area contributed by atoms with Gasteiger partial charge < -0.3 is 5.11 Å². The van der Waals surface area contributed by atoms with Gasteiger partial charge >= 0.3 is 5.97 Å². The maximum absolute atomic E-state index is 9.94. The van der Waals surface area contributed by atoms with Crippen molar-refractivity contribution in [3.05, 3.63) is 0 Å². The maximum Gasteiger partial charge on any atom is 0.303 e. The fourth-order valence-corrected chi connectivity index (χ4v) is 0.978. The molecule has 54 valence electrons. The molecule has 0 radical (unpaired) electrons. The van der Waals surface area contributed by atoms with Gasteiger partial charge in [-0.25, -0.2) is 11.4 Å². The third-order valence-corrected chi connectivity index (χ3v) is 1.68. The number of aliphatic carboxylic acids is 1. The molecule has 1 N–H and O–H groups in total. The first kappa shape index (κ1) is 8.69. The van der Waals surface area contributed by atoms with Gasteiger partial charge in [0.15, 0.2) is 0 Å². The lowest BCUT2D eigenvalue weighted by Gasteiger charge is -1.85. The molecule has 0 unspecified atom stereocenters. The standard InChI is InChI=1S/C6H12O2S/c1-2-9-5-3-4-6(7)8/h5,9H,2-4H2,1H3,(H,7,8). The maximum atomic E-state index is 9.94. The highest BCUT2D eigenvalue weighted by Crippen LogP contribution is 1.89. The number of carboxylic acid groups (broad SMARTS) is 1. The Morgan fingerprint density at radius 3 is 2.89 bits per heavy atom. The molecule has 2 nitrogen and oxygen atoms in total. The minimum atomic E-state index is -0.711. The number of carboxylic acids is 1. The minimum absolute atomic E-state index is 0.271. The first-order valence-corrected chi connectivity index (χ1v) is 4.12.